The van der Waals surface area contributed by atoms with Crippen LogP contribution < -0.4 is 5.01 Å². The highest BCUT2D eigenvalue weighted by Gasteiger charge is 2.39. The van der Waals surface area contributed by atoms with E-state index < -0.39 is 21.2 Å². The van der Waals surface area contributed by atoms with E-state index in [2.05, 4.69) is 0 Å². The number of amides is 1. The van der Waals surface area contributed by atoms with Gasteiger partial charge in [0.2, 0.25) is 10.1 Å². The highest BCUT2D eigenvalue weighted by molar-refractivity contribution is 5.89. The molecule has 0 N–H and O–H groups in total. The summed E-state index contributed by atoms with van der Waals surface area (Å²) in [5.41, 5.74) is 0.0356. The van der Waals surface area contributed by atoms with Crippen LogP contribution in [0.4, 0.5) is 5.69 Å². The first kappa shape index (κ1) is 12.4. The minimum atomic E-state index is -1.28. The van der Waals surface area contributed by atoms with E-state index in [-0.39, 0.29) is 5.69 Å². The molecule has 1 amide bonds. The third-order valence-corrected chi connectivity index (χ3v) is 1.77. The molecule has 1 rings (SSSR count). The second kappa shape index (κ2) is 4.88. The Morgan fingerprint density at radius 2 is 1.59 bits per heavy atom. The fourth-order valence-electron chi connectivity index (χ4n) is 1.19. The summed E-state index contributed by atoms with van der Waals surface area (Å²) in [4.78, 5) is 32.4. The molecule has 0 aromatic heterocycles. The van der Waals surface area contributed by atoms with Crippen LogP contribution in [0.3, 0.4) is 0 Å². The molecule has 0 saturated carbocycles. The van der Waals surface area contributed by atoms with Gasteiger partial charge in [0.25, 0.3) is 11.1 Å². The van der Waals surface area contributed by atoms with Gasteiger partial charge in [0.05, 0.1) is 5.69 Å². The first-order valence-electron chi connectivity index (χ1n) is 4.39. The molecule has 0 unspecified atom stereocenters. The minimum Gasteiger partial charge on any atom is -0.273 e. The number of hydrogen-bond donors (Lipinski definition) is 0. The van der Waals surface area contributed by atoms with Gasteiger partial charge in [-0.3, -0.25) is 4.79 Å². The van der Waals surface area contributed by atoms with Crippen LogP contribution in [0, 0.1) is 20.2 Å². The van der Waals surface area contributed by atoms with Gasteiger partial charge >= 0.3 is 0 Å². The summed E-state index contributed by atoms with van der Waals surface area (Å²) >= 11 is 0. The number of carbonyl (C=O) groups is 1. The summed E-state index contributed by atoms with van der Waals surface area (Å²) in [6.45, 7) is 0.993. The summed E-state index contributed by atoms with van der Waals surface area (Å²) in [5.74, 6) is -0.843. The Morgan fingerprint density at radius 1 is 1.12 bits per heavy atom. The molecule has 0 heterocycles. The Kier molecular flexibility index (Phi) is 3.55. The van der Waals surface area contributed by atoms with Crippen LogP contribution in [0.5, 0.6) is 0 Å². The van der Waals surface area contributed by atoms with Crippen molar-refractivity contribution in [1.82, 2.24) is 5.23 Å². The van der Waals surface area contributed by atoms with Crippen LogP contribution in [0.25, 0.3) is 0 Å². The van der Waals surface area contributed by atoms with E-state index >= 15 is 0 Å². The van der Waals surface area contributed by atoms with Crippen molar-refractivity contribution in [2.24, 2.45) is 0 Å². The van der Waals surface area contributed by atoms with E-state index in [4.69, 9.17) is 0 Å². The van der Waals surface area contributed by atoms with Crippen molar-refractivity contribution in [2.45, 2.75) is 6.92 Å². The van der Waals surface area contributed by atoms with Gasteiger partial charge in [-0.15, -0.1) is 5.01 Å². The predicted octanol–water partition coefficient (Wildman–Crippen LogP) is 0.640. The Labute approximate surface area is 95.1 Å². The average molecular weight is 240 g/mol. The maximum absolute atomic E-state index is 11.3. The smallest absolute Gasteiger partial charge is 0.273 e. The fraction of sp³-hybridized carbons (Fsp3) is 0.125. The van der Waals surface area contributed by atoms with Gasteiger partial charge in [-0.1, -0.05) is 18.2 Å². The summed E-state index contributed by atoms with van der Waals surface area (Å²) in [6, 6.07) is 7.32. The van der Waals surface area contributed by atoms with E-state index in [1.165, 1.54) is 24.3 Å². The van der Waals surface area contributed by atoms with E-state index in [0.29, 0.717) is 5.01 Å². The average Bonchev–Trinajstić information content (AvgIpc) is 2.25. The number of para-hydroxylation sites is 1. The zero-order valence-corrected chi connectivity index (χ0v) is 8.72. The van der Waals surface area contributed by atoms with Crippen LogP contribution in [0.2, 0.25) is 0 Å². The Bertz CT molecular complexity index is 434. The molecule has 0 aliphatic heterocycles. The second-order valence-corrected chi connectivity index (χ2v) is 2.91. The zero-order valence-electron chi connectivity index (χ0n) is 8.72. The third-order valence-electron chi connectivity index (χ3n) is 1.77. The molecule has 0 spiro atoms. The number of carbonyl (C=O) groups excluding carboxylic acids is 1. The van der Waals surface area contributed by atoms with Crippen LogP contribution in [-0.4, -0.2) is 21.2 Å². The summed E-state index contributed by atoms with van der Waals surface area (Å²) in [6.07, 6.45) is 0. The highest BCUT2D eigenvalue weighted by atomic mass is 16.8. The summed E-state index contributed by atoms with van der Waals surface area (Å²) in [5, 5.41) is 18.4. The quantitative estimate of drug-likeness (QED) is 0.564. The first-order chi connectivity index (χ1) is 7.95. The molecule has 90 valence electrons. The molecule has 0 radical (unpaired) electrons. The van der Waals surface area contributed by atoms with Gasteiger partial charge in [-0.25, -0.2) is 20.2 Å². The topological polar surface area (TPSA) is 110 Å². The van der Waals surface area contributed by atoms with E-state index in [1.807, 2.05) is 0 Å². The van der Waals surface area contributed by atoms with Gasteiger partial charge in [0, 0.05) is 6.92 Å². The predicted molar refractivity (Wildman–Crippen MR) is 55.4 cm³/mol. The third kappa shape index (κ3) is 2.65. The molecule has 0 saturated heterocycles. The second-order valence-electron chi connectivity index (χ2n) is 2.91. The number of nitro groups is 2. The number of benzene rings is 1. The normalized spacial score (nSPS) is 9.47. The molecule has 0 aliphatic rings. The van der Waals surface area contributed by atoms with Crippen LogP contribution in [0.15, 0.2) is 30.3 Å². The van der Waals surface area contributed by atoms with Crippen molar-refractivity contribution < 1.29 is 14.9 Å². The molecule has 9 heteroatoms. The van der Waals surface area contributed by atoms with Gasteiger partial charge in [0.15, 0.2) is 0 Å². The van der Waals surface area contributed by atoms with Crippen LogP contribution in [0.1, 0.15) is 6.92 Å². The molecule has 0 atom stereocenters. The van der Waals surface area contributed by atoms with Crippen molar-refractivity contribution in [3.63, 3.8) is 0 Å². The molecule has 0 aliphatic carbocycles. The van der Waals surface area contributed by atoms with E-state index in [9.17, 15) is 25.0 Å². The van der Waals surface area contributed by atoms with Crippen molar-refractivity contribution in [3.05, 3.63) is 50.6 Å². The lowest BCUT2D eigenvalue weighted by Gasteiger charge is -2.17. The van der Waals surface area contributed by atoms with Crippen molar-refractivity contribution in [3.8, 4) is 0 Å². The lowest BCUT2D eigenvalue weighted by molar-refractivity contribution is -0.907. The lowest BCUT2D eigenvalue weighted by atomic mass is 10.3. The minimum absolute atomic E-state index is 0.0356. The van der Waals surface area contributed by atoms with Gasteiger partial charge < -0.3 is 0 Å². The maximum atomic E-state index is 11.3. The molecule has 1 aromatic rings. The first-order valence-corrected chi connectivity index (χ1v) is 4.39. The molecule has 0 fully saturated rings. The van der Waals surface area contributed by atoms with Gasteiger partial charge in [-0.2, -0.15) is 0 Å². The SMILES string of the molecule is CC(=O)N(c1ccccc1)N([N+](=O)[O-])[N+](=O)[O-]. The van der Waals surface area contributed by atoms with Gasteiger partial charge in [0.1, 0.15) is 0 Å². The molecule has 0 bridgehead atoms. The maximum Gasteiger partial charge on any atom is 0.290 e. The molecule has 1 aromatic carbocycles. The summed E-state index contributed by atoms with van der Waals surface area (Å²) < 4.78 is 0. The van der Waals surface area contributed by atoms with E-state index in [1.54, 1.807) is 6.07 Å². The Hall–Kier alpha value is -2.71. The monoisotopic (exact) mass is 240 g/mol. The van der Waals surface area contributed by atoms with Crippen molar-refractivity contribution >= 4 is 11.6 Å². The van der Waals surface area contributed by atoms with Crippen molar-refractivity contribution in [1.29, 1.82) is 0 Å². The van der Waals surface area contributed by atoms with Gasteiger partial charge in [-0.05, 0) is 12.1 Å². The lowest BCUT2D eigenvalue weighted by Crippen LogP contribution is -2.52. The summed E-state index contributed by atoms with van der Waals surface area (Å²) in [7, 11) is 0. The zero-order chi connectivity index (χ0) is 13.0. The van der Waals surface area contributed by atoms with Crippen LogP contribution in [-0.2, 0) is 4.79 Å². The number of nitrogens with zero attached hydrogens (tertiary/aromatic N) is 4. The number of anilines is 1. The molecule has 9 nitrogen and oxygen atoms in total. The Morgan fingerprint density at radius 3 is 1.94 bits per heavy atom. The van der Waals surface area contributed by atoms with Crippen LogP contribution >= 0.6 is 0 Å². The van der Waals surface area contributed by atoms with E-state index in [0.717, 1.165) is 6.92 Å². The Balaban J connectivity index is 3.22. The number of hydrogen-bond acceptors (Lipinski definition) is 5. The highest BCUT2D eigenvalue weighted by Crippen LogP contribution is 2.16. The molecule has 17 heavy (non-hydrogen) atoms. The fourth-order valence-corrected chi connectivity index (χ4v) is 1.19. The largest absolute Gasteiger partial charge is 0.290 e. The number of rotatable bonds is 4. The molecular formula is C8H8N4O5. The molecular weight excluding hydrogens is 232 g/mol. The number of hydrazine groups is 3. The van der Waals surface area contributed by atoms with Crippen molar-refractivity contribution in [2.75, 3.05) is 5.01 Å². The standard InChI is InChI=1S/C8H8N4O5/c1-7(13)9(8-5-3-2-4-6-8)10(11(14)15)12(16)17/h2-6H,1H3.